The van der Waals surface area contributed by atoms with Gasteiger partial charge < -0.3 is 15.2 Å². The van der Waals surface area contributed by atoms with Gasteiger partial charge >= 0.3 is 5.97 Å². The first-order valence-electron chi connectivity index (χ1n) is 4.34. The van der Waals surface area contributed by atoms with E-state index in [1.54, 1.807) is 24.3 Å². The fourth-order valence-corrected chi connectivity index (χ4v) is 0.881. The third-order valence-electron chi connectivity index (χ3n) is 1.62. The second kappa shape index (κ2) is 5.24. The van der Waals surface area contributed by atoms with Gasteiger partial charge in [0, 0.05) is 12.3 Å². The first-order valence-corrected chi connectivity index (χ1v) is 4.34. The highest BCUT2D eigenvalue weighted by molar-refractivity contribution is 5.89. The number of hydrogen-bond donors (Lipinski definition) is 1. The van der Waals surface area contributed by atoms with E-state index in [1.807, 2.05) is 6.92 Å². The molecule has 0 aromatic heterocycles. The maximum absolute atomic E-state index is 11.3. The van der Waals surface area contributed by atoms with Crippen LogP contribution in [0.2, 0.25) is 0 Å². The lowest BCUT2D eigenvalue weighted by Crippen LogP contribution is -2.08. The van der Waals surface area contributed by atoms with Crippen LogP contribution in [0.4, 0.5) is 5.69 Å². The van der Waals surface area contributed by atoms with Crippen LogP contribution in [0.1, 0.15) is 17.3 Å². The summed E-state index contributed by atoms with van der Waals surface area (Å²) in [6.07, 6.45) is 0. The fraction of sp³-hybridized carbons (Fsp3) is 0.300. The molecule has 0 amide bonds. The monoisotopic (exact) mass is 195 g/mol. The van der Waals surface area contributed by atoms with Crippen LogP contribution in [-0.4, -0.2) is 19.4 Å². The Labute approximate surface area is 82.6 Å². The van der Waals surface area contributed by atoms with Gasteiger partial charge in [-0.1, -0.05) is 0 Å². The SMILES string of the molecule is CCOCOC(=O)c1ccc(N)cc1. The summed E-state index contributed by atoms with van der Waals surface area (Å²) in [5.74, 6) is -0.404. The summed E-state index contributed by atoms with van der Waals surface area (Å²) in [7, 11) is 0. The molecule has 76 valence electrons. The standard InChI is InChI=1S/C10H13NO3/c1-2-13-7-14-10(12)8-3-5-9(11)6-4-8/h3-6H,2,7,11H2,1H3. The molecule has 0 saturated heterocycles. The van der Waals surface area contributed by atoms with Crippen molar-refractivity contribution in [1.29, 1.82) is 0 Å². The molecule has 4 nitrogen and oxygen atoms in total. The van der Waals surface area contributed by atoms with Crippen molar-refractivity contribution in [2.45, 2.75) is 6.92 Å². The molecule has 4 heteroatoms. The van der Waals surface area contributed by atoms with Crippen molar-refractivity contribution in [3.05, 3.63) is 29.8 Å². The van der Waals surface area contributed by atoms with Gasteiger partial charge in [-0.3, -0.25) is 0 Å². The number of nitrogen functional groups attached to an aromatic ring is 1. The molecule has 14 heavy (non-hydrogen) atoms. The highest BCUT2D eigenvalue weighted by atomic mass is 16.7. The third-order valence-corrected chi connectivity index (χ3v) is 1.62. The molecule has 0 unspecified atom stereocenters. The number of rotatable bonds is 4. The third kappa shape index (κ3) is 3.06. The predicted molar refractivity (Wildman–Crippen MR) is 52.8 cm³/mol. The topological polar surface area (TPSA) is 61.5 Å². The number of benzene rings is 1. The second-order valence-corrected chi connectivity index (χ2v) is 2.66. The largest absolute Gasteiger partial charge is 0.435 e. The van der Waals surface area contributed by atoms with E-state index in [4.69, 9.17) is 15.2 Å². The number of nitrogens with two attached hydrogens (primary N) is 1. The van der Waals surface area contributed by atoms with Crippen molar-refractivity contribution in [2.75, 3.05) is 19.1 Å². The van der Waals surface area contributed by atoms with Gasteiger partial charge in [-0.15, -0.1) is 0 Å². The van der Waals surface area contributed by atoms with Gasteiger partial charge in [0.25, 0.3) is 0 Å². The van der Waals surface area contributed by atoms with Crippen molar-refractivity contribution in [2.24, 2.45) is 0 Å². The highest BCUT2D eigenvalue weighted by Gasteiger charge is 2.05. The van der Waals surface area contributed by atoms with Crippen LogP contribution in [0, 0.1) is 0 Å². The van der Waals surface area contributed by atoms with Gasteiger partial charge in [0.2, 0.25) is 0 Å². The van der Waals surface area contributed by atoms with Crippen molar-refractivity contribution in [1.82, 2.24) is 0 Å². The van der Waals surface area contributed by atoms with Crippen LogP contribution in [0.15, 0.2) is 24.3 Å². The lowest BCUT2D eigenvalue weighted by molar-refractivity contribution is -0.0274. The average Bonchev–Trinajstić information content (AvgIpc) is 2.19. The predicted octanol–water partition coefficient (Wildman–Crippen LogP) is 1.42. The van der Waals surface area contributed by atoms with E-state index in [-0.39, 0.29) is 6.79 Å². The zero-order valence-electron chi connectivity index (χ0n) is 8.03. The lowest BCUT2D eigenvalue weighted by atomic mass is 10.2. The Hall–Kier alpha value is -1.55. The normalized spacial score (nSPS) is 9.79. The maximum Gasteiger partial charge on any atom is 0.340 e. The van der Waals surface area contributed by atoms with Gasteiger partial charge in [-0.05, 0) is 31.2 Å². The van der Waals surface area contributed by atoms with Crippen molar-refractivity contribution < 1.29 is 14.3 Å². The summed E-state index contributed by atoms with van der Waals surface area (Å²) >= 11 is 0. The minimum absolute atomic E-state index is 0.0142. The summed E-state index contributed by atoms with van der Waals surface area (Å²) < 4.78 is 9.69. The summed E-state index contributed by atoms with van der Waals surface area (Å²) in [4.78, 5) is 11.3. The first-order chi connectivity index (χ1) is 6.74. The van der Waals surface area contributed by atoms with Crippen LogP contribution in [-0.2, 0) is 9.47 Å². The van der Waals surface area contributed by atoms with E-state index < -0.39 is 5.97 Å². The first kappa shape index (κ1) is 10.5. The molecule has 0 fully saturated rings. The number of anilines is 1. The molecule has 1 rings (SSSR count). The van der Waals surface area contributed by atoms with Gasteiger partial charge in [-0.2, -0.15) is 0 Å². The van der Waals surface area contributed by atoms with E-state index in [2.05, 4.69) is 0 Å². The van der Waals surface area contributed by atoms with Gasteiger partial charge in [0.1, 0.15) is 0 Å². The summed E-state index contributed by atoms with van der Waals surface area (Å²) in [5, 5.41) is 0. The van der Waals surface area contributed by atoms with E-state index in [9.17, 15) is 4.79 Å². The number of ether oxygens (including phenoxy) is 2. The van der Waals surface area contributed by atoms with Crippen LogP contribution < -0.4 is 5.73 Å². The summed E-state index contributed by atoms with van der Waals surface area (Å²) in [5.41, 5.74) is 6.56. The fourth-order valence-electron chi connectivity index (χ4n) is 0.881. The molecular weight excluding hydrogens is 182 g/mol. The Balaban J connectivity index is 2.48. The molecule has 0 heterocycles. The van der Waals surface area contributed by atoms with Crippen molar-refractivity contribution in [3.8, 4) is 0 Å². The van der Waals surface area contributed by atoms with Gasteiger partial charge in [0.05, 0.1) is 5.56 Å². The minimum Gasteiger partial charge on any atom is -0.435 e. The molecular formula is C10H13NO3. The number of esters is 1. The van der Waals surface area contributed by atoms with Crippen LogP contribution >= 0.6 is 0 Å². The molecule has 0 atom stereocenters. The Morgan fingerprint density at radius 1 is 1.36 bits per heavy atom. The summed E-state index contributed by atoms with van der Waals surface area (Å²) in [6, 6.07) is 6.53. The Kier molecular flexibility index (Phi) is 3.94. The minimum atomic E-state index is -0.404. The summed E-state index contributed by atoms with van der Waals surface area (Å²) in [6.45, 7) is 2.34. The quantitative estimate of drug-likeness (QED) is 0.341. The van der Waals surface area contributed by atoms with Gasteiger partial charge in [0.15, 0.2) is 6.79 Å². The lowest BCUT2D eigenvalue weighted by Gasteiger charge is -2.04. The smallest absolute Gasteiger partial charge is 0.340 e. The molecule has 0 aliphatic rings. The molecule has 1 aromatic rings. The zero-order chi connectivity index (χ0) is 10.4. The average molecular weight is 195 g/mol. The molecule has 0 radical (unpaired) electrons. The van der Waals surface area contributed by atoms with E-state index >= 15 is 0 Å². The molecule has 0 saturated carbocycles. The van der Waals surface area contributed by atoms with Crippen molar-refractivity contribution >= 4 is 11.7 Å². The Morgan fingerprint density at radius 2 is 2.00 bits per heavy atom. The number of carbonyl (C=O) groups is 1. The van der Waals surface area contributed by atoms with Crippen LogP contribution in [0.5, 0.6) is 0 Å². The maximum atomic E-state index is 11.3. The van der Waals surface area contributed by atoms with Gasteiger partial charge in [-0.25, -0.2) is 4.79 Å². The van der Waals surface area contributed by atoms with Crippen LogP contribution in [0.3, 0.4) is 0 Å². The van der Waals surface area contributed by atoms with E-state index in [0.717, 1.165) is 0 Å². The second-order valence-electron chi connectivity index (χ2n) is 2.66. The zero-order valence-corrected chi connectivity index (χ0v) is 8.03. The molecule has 1 aromatic carbocycles. The molecule has 0 bridgehead atoms. The highest BCUT2D eigenvalue weighted by Crippen LogP contribution is 2.06. The molecule has 0 aliphatic carbocycles. The van der Waals surface area contributed by atoms with Crippen molar-refractivity contribution in [3.63, 3.8) is 0 Å². The number of carbonyl (C=O) groups excluding carboxylic acids is 1. The van der Waals surface area contributed by atoms with Crippen LogP contribution in [0.25, 0.3) is 0 Å². The van der Waals surface area contributed by atoms with E-state index in [1.165, 1.54) is 0 Å². The Bertz CT molecular complexity index is 295. The number of hydrogen-bond acceptors (Lipinski definition) is 4. The molecule has 0 spiro atoms. The molecule has 0 aliphatic heterocycles. The molecule has 2 N–H and O–H groups in total. The van der Waals surface area contributed by atoms with E-state index in [0.29, 0.717) is 17.9 Å². The Morgan fingerprint density at radius 3 is 2.57 bits per heavy atom.